The molecule has 0 radical (unpaired) electrons. The van der Waals surface area contributed by atoms with Crippen LogP contribution in [-0.2, 0) is 13.1 Å². The van der Waals surface area contributed by atoms with Crippen molar-refractivity contribution in [1.29, 1.82) is 0 Å². The fraction of sp³-hybridized carbons (Fsp3) is 0.261. The Hall–Kier alpha value is -3.36. The number of nitrogens with one attached hydrogen (secondary N) is 2. The molecule has 166 valence electrons. The molecule has 4 aromatic rings. The zero-order valence-corrected chi connectivity index (χ0v) is 18.4. The first-order valence-corrected chi connectivity index (χ1v) is 10.8. The number of nitrogens with zero attached hydrogens (tertiary/aromatic N) is 4. The number of anilines is 2. The van der Waals surface area contributed by atoms with Crippen molar-refractivity contribution in [3.05, 3.63) is 71.0 Å². The summed E-state index contributed by atoms with van der Waals surface area (Å²) >= 11 is 6.07. The molecule has 2 aromatic heterocycles. The fourth-order valence-corrected chi connectivity index (χ4v) is 3.56. The third kappa shape index (κ3) is 4.92. The van der Waals surface area contributed by atoms with E-state index >= 15 is 0 Å². The zero-order valence-electron chi connectivity index (χ0n) is 17.7. The van der Waals surface area contributed by atoms with Gasteiger partial charge in [-0.2, -0.15) is 9.97 Å². The molecule has 0 bridgehead atoms. The highest BCUT2D eigenvalue weighted by Crippen LogP contribution is 2.26. The highest BCUT2D eigenvalue weighted by atomic mass is 35.5. The second kappa shape index (κ2) is 9.84. The van der Waals surface area contributed by atoms with Crippen molar-refractivity contribution >= 4 is 34.5 Å². The Labute approximate surface area is 190 Å². The van der Waals surface area contributed by atoms with Crippen LogP contribution in [0.1, 0.15) is 24.5 Å². The molecule has 8 nitrogen and oxygen atoms in total. The SMILES string of the molecule is CCC(CO)Nc1nc(NCc2cc(Cl)ccc2O)c2ncn(Cc3ccccc3)c2n1. The van der Waals surface area contributed by atoms with Gasteiger partial charge in [-0.15, -0.1) is 0 Å². The Balaban J connectivity index is 1.70. The molecular formula is C23H25ClN6O2. The maximum Gasteiger partial charge on any atom is 0.227 e. The topological polar surface area (TPSA) is 108 Å². The third-order valence-corrected chi connectivity index (χ3v) is 5.43. The Kier molecular flexibility index (Phi) is 6.72. The predicted molar refractivity (Wildman–Crippen MR) is 126 cm³/mol. The lowest BCUT2D eigenvalue weighted by atomic mass is 10.2. The van der Waals surface area contributed by atoms with Gasteiger partial charge >= 0.3 is 0 Å². The van der Waals surface area contributed by atoms with Crippen LogP contribution in [0.3, 0.4) is 0 Å². The van der Waals surface area contributed by atoms with E-state index in [0.717, 1.165) is 12.0 Å². The van der Waals surface area contributed by atoms with Gasteiger partial charge in [0.15, 0.2) is 17.0 Å². The number of aliphatic hydroxyl groups excluding tert-OH is 1. The number of aromatic hydroxyl groups is 1. The van der Waals surface area contributed by atoms with Crippen LogP contribution in [0.4, 0.5) is 11.8 Å². The second-order valence-corrected chi connectivity index (χ2v) is 7.92. The number of hydrogen-bond acceptors (Lipinski definition) is 7. The van der Waals surface area contributed by atoms with E-state index in [-0.39, 0.29) is 18.4 Å². The summed E-state index contributed by atoms with van der Waals surface area (Å²) < 4.78 is 1.96. The molecule has 1 atom stereocenters. The Morgan fingerprint density at radius 2 is 1.94 bits per heavy atom. The lowest BCUT2D eigenvalue weighted by Crippen LogP contribution is -2.24. The van der Waals surface area contributed by atoms with Gasteiger partial charge in [0.2, 0.25) is 5.95 Å². The fourth-order valence-electron chi connectivity index (χ4n) is 3.36. The lowest BCUT2D eigenvalue weighted by molar-refractivity contribution is 0.271. The quantitative estimate of drug-likeness (QED) is 0.303. The average Bonchev–Trinajstić information content (AvgIpc) is 3.21. The number of phenolic OH excluding ortho intramolecular Hbond substituents is 1. The molecule has 0 aliphatic carbocycles. The molecule has 0 amide bonds. The number of imidazole rings is 1. The van der Waals surface area contributed by atoms with Crippen molar-refractivity contribution in [3.63, 3.8) is 0 Å². The molecule has 9 heteroatoms. The summed E-state index contributed by atoms with van der Waals surface area (Å²) in [7, 11) is 0. The van der Waals surface area contributed by atoms with Crippen LogP contribution in [0.15, 0.2) is 54.9 Å². The molecule has 0 aliphatic heterocycles. The van der Waals surface area contributed by atoms with Crippen LogP contribution in [0.5, 0.6) is 5.75 Å². The van der Waals surface area contributed by atoms with E-state index in [2.05, 4.69) is 25.6 Å². The minimum Gasteiger partial charge on any atom is -0.508 e. The Bertz CT molecular complexity index is 1190. The summed E-state index contributed by atoms with van der Waals surface area (Å²) in [6, 6.07) is 14.8. The van der Waals surface area contributed by atoms with Crippen LogP contribution in [0.2, 0.25) is 5.02 Å². The molecule has 4 rings (SSSR count). The standard InChI is InChI=1S/C23H25ClN6O2/c1-2-18(13-31)27-23-28-21(25-11-16-10-17(24)8-9-19(16)32)20-22(29-23)30(14-26-20)12-15-6-4-3-5-7-15/h3-10,14,18,31-32H,2,11-13H2,1H3,(H2,25,27,28,29). The number of aromatic nitrogens is 4. The molecule has 2 heterocycles. The molecule has 0 saturated heterocycles. The Morgan fingerprint density at radius 3 is 2.69 bits per heavy atom. The van der Waals surface area contributed by atoms with E-state index in [1.807, 2.05) is 41.8 Å². The van der Waals surface area contributed by atoms with Crippen molar-refractivity contribution in [3.8, 4) is 5.75 Å². The van der Waals surface area contributed by atoms with Gasteiger partial charge in [-0.3, -0.25) is 0 Å². The number of hydrogen-bond donors (Lipinski definition) is 4. The first-order chi connectivity index (χ1) is 15.6. The first-order valence-electron chi connectivity index (χ1n) is 10.4. The number of phenols is 1. The van der Waals surface area contributed by atoms with Gasteiger partial charge in [0, 0.05) is 17.1 Å². The van der Waals surface area contributed by atoms with Gasteiger partial charge in [-0.25, -0.2) is 4.98 Å². The highest BCUT2D eigenvalue weighted by Gasteiger charge is 2.16. The van der Waals surface area contributed by atoms with Crippen molar-refractivity contribution in [2.24, 2.45) is 0 Å². The smallest absolute Gasteiger partial charge is 0.227 e. The molecule has 0 saturated carbocycles. The van der Waals surface area contributed by atoms with E-state index in [1.54, 1.807) is 24.5 Å². The largest absolute Gasteiger partial charge is 0.508 e. The summed E-state index contributed by atoms with van der Waals surface area (Å²) in [6.45, 7) is 2.87. The highest BCUT2D eigenvalue weighted by molar-refractivity contribution is 6.30. The number of benzene rings is 2. The van der Waals surface area contributed by atoms with Crippen LogP contribution in [0, 0.1) is 0 Å². The number of aliphatic hydroxyl groups is 1. The van der Waals surface area contributed by atoms with Crippen molar-refractivity contribution < 1.29 is 10.2 Å². The molecule has 4 N–H and O–H groups in total. The summed E-state index contributed by atoms with van der Waals surface area (Å²) in [4.78, 5) is 13.8. The molecule has 2 aromatic carbocycles. The number of halogens is 1. The average molecular weight is 453 g/mol. The molecular weight excluding hydrogens is 428 g/mol. The van der Waals surface area contributed by atoms with Crippen molar-refractivity contribution in [2.75, 3.05) is 17.2 Å². The van der Waals surface area contributed by atoms with E-state index in [0.29, 0.717) is 46.6 Å². The maximum atomic E-state index is 10.1. The van der Waals surface area contributed by atoms with Gasteiger partial charge in [0.1, 0.15) is 5.75 Å². The van der Waals surface area contributed by atoms with Crippen LogP contribution in [-0.4, -0.2) is 42.4 Å². The van der Waals surface area contributed by atoms with E-state index in [4.69, 9.17) is 11.6 Å². The van der Waals surface area contributed by atoms with E-state index < -0.39 is 0 Å². The van der Waals surface area contributed by atoms with Gasteiger partial charge in [-0.1, -0.05) is 48.9 Å². The number of fused-ring (bicyclic) bond motifs is 1. The van der Waals surface area contributed by atoms with Crippen molar-refractivity contribution in [1.82, 2.24) is 19.5 Å². The van der Waals surface area contributed by atoms with E-state index in [1.165, 1.54) is 0 Å². The second-order valence-electron chi connectivity index (χ2n) is 7.48. The Morgan fingerprint density at radius 1 is 1.12 bits per heavy atom. The minimum absolute atomic E-state index is 0.0275. The normalized spacial score (nSPS) is 12.1. The van der Waals surface area contributed by atoms with Gasteiger partial charge < -0.3 is 25.4 Å². The summed E-state index contributed by atoms with van der Waals surface area (Å²) in [5.74, 6) is 1.06. The third-order valence-electron chi connectivity index (χ3n) is 5.19. The van der Waals surface area contributed by atoms with E-state index in [9.17, 15) is 10.2 Å². The summed E-state index contributed by atoms with van der Waals surface area (Å²) in [6.07, 6.45) is 2.46. The monoisotopic (exact) mass is 452 g/mol. The van der Waals surface area contributed by atoms with Crippen LogP contribution < -0.4 is 10.6 Å². The molecule has 0 spiro atoms. The zero-order chi connectivity index (χ0) is 22.5. The van der Waals surface area contributed by atoms with Crippen LogP contribution in [0.25, 0.3) is 11.2 Å². The molecule has 0 aliphatic rings. The summed E-state index contributed by atoms with van der Waals surface area (Å²) in [5, 5.41) is 26.7. The summed E-state index contributed by atoms with van der Waals surface area (Å²) in [5.41, 5.74) is 3.05. The molecule has 0 fully saturated rings. The minimum atomic E-state index is -0.164. The predicted octanol–water partition coefficient (Wildman–Crippen LogP) is 4.03. The van der Waals surface area contributed by atoms with Gasteiger partial charge in [-0.05, 0) is 30.2 Å². The number of rotatable bonds is 9. The molecule has 1 unspecified atom stereocenters. The van der Waals surface area contributed by atoms with Gasteiger partial charge in [0.05, 0.1) is 25.5 Å². The maximum absolute atomic E-state index is 10.1. The lowest BCUT2D eigenvalue weighted by Gasteiger charge is -2.16. The van der Waals surface area contributed by atoms with Crippen LogP contribution >= 0.6 is 11.6 Å². The van der Waals surface area contributed by atoms with Gasteiger partial charge in [0.25, 0.3) is 0 Å². The first kappa shape index (κ1) is 21.9. The molecule has 32 heavy (non-hydrogen) atoms. The van der Waals surface area contributed by atoms with Crippen molar-refractivity contribution in [2.45, 2.75) is 32.5 Å².